The first kappa shape index (κ1) is 36.2. The Kier molecular flexibility index (Phi) is 13.3. The van der Waals surface area contributed by atoms with Crippen LogP contribution >= 0.6 is 0 Å². The Morgan fingerprint density at radius 1 is 0.826 bits per heavy atom. The fourth-order valence-electron chi connectivity index (χ4n) is 5.53. The summed E-state index contributed by atoms with van der Waals surface area (Å²) in [5, 5.41) is 25.1. The van der Waals surface area contributed by atoms with Crippen molar-refractivity contribution < 1.29 is 37.8 Å². The summed E-state index contributed by atoms with van der Waals surface area (Å²) in [6.45, 7) is 4.81. The predicted molar refractivity (Wildman–Crippen MR) is 174 cm³/mol. The van der Waals surface area contributed by atoms with Crippen LogP contribution in [0.1, 0.15) is 67.4 Å². The van der Waals surface area contributed by atoms with Crippen LogP contribution in [-0.4, -0.2) is 78.8 Å². The van der Waals surface area contributed by atoms with Crippen molar-refractivity contribution in [3.63, 3.8) is 0 Å². The van der Waals surface area contributed by atoms with Crippen LogP contribution in [0, 0.1) is 0 Å². The molecule has 0 aliphatic carbocycles. The molecule has 0 saturated carbocycles. The number of aliphatic hydroxyl groups is 1. The maximum Gasteiger partial charge on any atom is 0.407 e. The maximum atomic E-state index is 13.8. The van der Waals surface area contributed by atoms with E-state index in [2.05, 4.69) is 10.6 Å². The normalized spacial score (nSPS) is 13.7. The second-order valence-electron chi connectivity index (χ2n) is 11.3. The number of ether oxygens (including phenoxy) is 1. The van der Waals surface area contributed by atoms with Crippen molar-refractivity contribution >= 4 is 28.0 Å². The second-order valence-corrected chi connectivity index (χ2v) is 13.2. The van der Waals surface area contributed by atoms with E-state index in [1.54, 1.807) is 13.8 Å². The number of hydrogen-bond donors (Lipinski definition) is 4. The highest BCUT2D eigenvalue weighted by Gasteiger charge is 2.35. The van der Waals surface area contributed by atoms with Gasteiger partial charge < -0.3 is 25.6 Å². The van der Waals surface area contributed by atoms with E-state index in [0.717, 1.165) is 11.1 Å². The Bertz CT molecular complexity index is 1490. The van der Waals surface area contributed by atoms with Crippen LogP contribution < -0.4 is 10.6 Å². The number of carbonyl (C=O) groups excluding carboxylic acids is 2. The first-order valence-corrected chi connectivity index (χ1v) is 16.6. The molecule has 3 atom stereocenters. The number of aromatic carboxylic acids is 1. The predicted octanol–water partition coefficient (Wildman–Crippen LogP) is 4.38. The van der Waals surface area contributed by atoms with E-state index in [-0.39, 0.29) is 16.5 Å². The smallest absolute Gasteiger partial charge is 0.407 e. The van der Waals surface area contributed by atoms with Gasteiger partial charge in [-0.05, 0) is 75.4 Å². The Labute approximate surface area is 270 Å². The molecule has 0 bridgehead atoms. The molecular weight excluding hydrogens is 610 g/mol. The molecular formula is C34H43N3O8S. The molecule has 0 fully saturated rings. The largest absolute Gasteiger partial charge is 0.478 e. The molecule has 0 radical (unpaired) electrons. The van der Waals surface area contributed by atoms with E-state index in [9.17, 15) is 27.9 Å². The third kappa shape index (κ3) is 9.38. The Hall–Kier alpha value is -4.26. The number of alkyl carbamates (subject to hydrolysis) is 1. The summed E-state index contributed by atoms with van der Waals surface area (Å²) >= 11 is 0. The van der Waals surface area contributed by atoms with E-state index in [4.69, 9.17) is 9.84 Å². The van der Waals surface area contributed by atoms with E-state index in [0.29, 0.717) is 19.3 Å². The van der Waals surface area contributed by atoms with Gasteiger partial charge in [0, 0.05) is 24.0 Å². The van der Waals surface area contributed by atoms with Crippen molar-refractivity contribution in [1.82, 2.24) is 14.9 Å². The summed E-state index contributed by atoms with van der Waals surface area (Å²) in [6, 6.07) is 21.1. The third-order valence-corrected chi connectivity index (χ3v) is 9.85. The first-order chi connectivity index (χ1) is 21.9. The number of nitrogens with zero attached hydrogens (tertiary/aromatic N) is 1. The molecule has 3 aromatic carbocycles. The summed E-state index contributed by atoms with van der Waals surface area (Å²) in [5.41, 5.74) is 1.63. The minimum Gasteiger partial charge on any atom is -0.478 e. The molecule has 12 heteroatoms. The zero-order valence-electron chi connectivity index (χ0n) is 26.5. The Morgan fingerprint density at radius 3 is 1.83 bits per heavy atom. The van der Waals surface area contributed by atoms with Crippen LogP contribution in [0.25, 0.3) is 0 Å². The van der Waals surface area contributed by atoms with Crippen molar-refractivity contribution in [3.05, 3.63) is 102 Å². The van der Waals surface area contributed by atoms with Crippen molar-refractivity contribution in [3.8, 4) is 0 Å². The lowest BCUT2D eigenvalue weighted by atomic mass is 9.84. The molecule has 248 valence electrons. The molecule has 2 amide bonds. The van der Waals surface area contributed by atoms with Gasteiger partial charge >= 0.3 is 12.1 Å². The summed E-state index contributed by atoms with van der Waals surface area (Å²) < 4.78 is 33.2. The molecule has 0 aliphatic heterocycles. The van der Waals surface area contributed by atoms with E-state index in [1.165, 1.54) is 35.7 Å². The number of carboxylic acid groups (broad SMARTS) is 1. The van der Waals surface area contributed by atoms with Gasteiger partial charge in [0.15, 0.2) is 0 Å². The van der Waals surface area contributed by atoms with Gasteiger partial charge in [0.1, 0.15) is 6.04 Å². The molecule has 0 aromatic heterocycles. The molecule has 3 aromatic rings. The van der Waals surface area contributed by atoms with Crippen LogP contribution in [0.3, 0.4) is 0 Å². The standard InChI is InChI=1S/C34H43N3O8S/c1-23(2)37(46(43,44)29-20-18-27(19-21-29)33(40)41)28(22-38)17-11-12-24(3)35-32(39)31(36-34(42)45-4)30(25-13-7-5-8-14-25)26-15-9-6-10-16-26/h5-10,13-16,18-21,23-24,28,30-31,38H,11-12,17,22H2,1-4H3,(H,35,39)(H,36,42)(H,40,41)/t24?,28-,31-/m0/s1. The highest BCUT2D eigenvalue weighted by atomic mass is 32.2. The number of nitrogens with one attached hydrogen (secondary N) is 2. The number of hydrogen-bond acceptors (Lipinski definition) is 7. The summed E-state index contributed by atoms with van der Waals surface area (Å²) in [6.07, 6.45) is 0.498. The van der Waals surface area contributed by atoms with Crippen LogP contribution in [0.4, 0.5) is 4.79 Å². The number of sulfonamides is 1. The zero-order valence-corrected chi connectivity index (χ0v) is 27.3. The molecule has 1 unspecified atom stereocenters. The minimum atomic E-state index is -4.05. The molecule has 0 heterocycles. The quantitative estimate of drug-likeness (QED) is 0.177. The van der Waals surface area contributed by atoms with Crippen molar-refractivity contribution in [2.75, 3.05) is 13.7 Å². The number of methoxy groups -OCH3 is 1. The number of carboxylic acids is 1. The molecule has 11 nitrogen and oxygen atoms in total. The minimum absolute atomic E-state index is 0.0346. The molecule has 46 heavy (non-hydrogen) atoms. The van der Waals surface area contributed by atoms with Gasteiger partial charge in [-0.1, -0.05) is 60.7 Å². The summed E-state index contributed by atoms with van der Waals surface area (Å²) in [7, 11) is -2.82. The molecule has 3 rings (SSSR count). The molecule has 0 saturated heterocycles. The average molecular weight is 654 g/mol. The van der Waals surface area contributed by atoms with Gasteiger partial charge in [-0.3, -0.25) is 4.79 Å². The maximum absolute atomic E-state index is 13.8. The monoisotopic (exact) mass is 653 g/mol. The average Bonchev–Trinajstić information content (AvgIpc) is 3.04. The highest BCUT2D eigenvalue weighted by Crippen LogP contribution is 2.29. The van der Waals surface area contributed by atoms with Gasteiger partial charge in [0.2, 0.25) is 15.9 Å². The van der Waals surface area contributed by atoms with Crippen molar-refractivity contribution in [2.24, 2.45) is 0 Å². The van der Waals surface area contributed by atoms with Gasteiger partial charge in [-0.25, -0.2) is 18.0 Å². The van der Waals surface area contributed by atoms with Crippen molar-refractivity contribution in [1.29, 1.82) is 0 Å². The Balaban J connectivity index is 1.74. The molecule has 4 N–H and O–H groups in total. The number of rotatable bonds is 16. The highest BCUT2D eigenvalue weighted by molar-refractivity contribution is 7.89. The lowest BCUT2D eigenvalue weighted by molar-refractivity contribution is -0.124. The summed E-state index contributed by atoms with van der Waals surface area (Å²) in [4.78, 5) is 37.3. The molecule has 0 spiro atoms. The van der Waals surface area contributed by atoms with Crippen LogP contribution in [-0.2, 0) is 19.6 Å². The number of carbonyl (C=O) groups is 3. The van der Waals surface area contributed by atoms with Gasteiger partial charge in [-0.15, -0.1) is 0 Å². The fraction of sp³-hybridized carbons (Fsp3) is 0.382. The molecule has 0 aliphatic rings. The number of amides is 2. The van der Waals surface area contributed by atoms with E-state index in [1.807, 2.05) is 67.6 Å². The topological polar surface area (TPSA) is 162 Å². The SMILES string of the molecule is COC(=O)N[C@H](C(=O)NC(C)CCC[C@@H](CO)N(C(C)C)S(=O)(=O)c1ccc(C(=O)O)cc1)C(c1ccccc1)c1ccccc1. The van der Waals surface area contributed by atoms with E-state index < -0.39 is 58.6 Å². The van der Waals surface area contributed by atoms with Gasteiger partial charge in [0.25, 0.3) is 0 Å². The van der Waals surface area contributed by atoms with Crippen LogP contribution in [0.5, 0.6) is 0 Å². The fourth-order valence-corrected chi connectivity index (χ4v) is 7.38. The third-order valence-electron chi connectivity index (χ3n) is 7.71. The number of aliphatic hydroxyl groups excluding tert-OH is 1. The van der Waals surface area contributed by atoms with Crippen LogP contribution in [0.2, 0.25) is 0 Å². The second kappa shape index (κ2) is 16.9. The van der Waals surface area contributed by atoms with E-state index >= 15 is 0 Å². The van der Waals surface area contributed by atoms with Crippen LogP contribution in [0.15, 0.2) is 89.8 Å². The van der Waals surface area contributed by atoms with Gasteiger partial charge in [0.05, 0.1) is 24.2 Å². The lowest BCUT2D eigenvalue weighted by Crippen LogP contribution is -2.52. The number of benzene rings is 3. The Morgan fingerprint density at radius 2 is 1.37 bits per heavy atom. The van der Waals surface area contributed by atoms with Gasteiger partial charge in [-0.2, -0.15) is 4.31 Å². The summed E-state index contributed by atoms with van der Waals surface area (Å²) in [5.74, 6) is -2.09. The lowest BCUT2D eigenvalue weighted by Gasteiger charge is -2.33. The first-order valence-electron chi connectivity index (χ1n) is 15.1. The van der Waals surface area contributed by atoms with Crippen molar-refractivity contribution in [2.45, 2.75) is 75.0 Å². The zero-order chi connectivity index (χ0) is 33.9.